The number of aliphatic hydroxyl groups is 1. The molecular weight excluding hydrogens is 850 g/mol. The van der Waals surface area contributed by atoms with Crippen molar-refractivity contribution in [2.75, 3.05) is 75.7 Å². The molecular formula is C50H61F3N8O5. The number of aromatic nitrogens is 2. The Morgan fingerprint density at radius 3 is 2.23 bits per heavy atom. The minimum absolute atomic E-state index is 0.00794. The summed E-state index contributed by atoms with van der Waals surface area (Å²) < 4.78 is 42.4. The zero-order chi connectivity index (χ0) is 46.0. The first-order valence-corrected chi connectivity index (χ1v) is 23.9. The molecule has 1 atom stereocenters. The lowest BCUT2D eigenvalue weighted by molar-refractivity contribution is -0.139. The van der Waals surface area contributed by atoms with Gasteiger partial charge in [0, 0.05) is 88.6 Å². The normalized spacial score (nSPS) is 23.3. The van der Waals surface area contributed by atoms with Crippen LogP contribution in [0.25, 0.3) is 11.0 Å². The fourth-order valence-corrected chi connectivity index (χ4v) is 11.0. The van der Waals surface area contributed by atoms with Crippen molar-refractivity contribution >= 4 is 46.3 Å². The monoisotopic (exact) mass is 910 g/mol. The molecule has 0 bridgehead atoms. The van der Waals surface area contributed by atoms with Gasteiger partial charge in [0.25, 0.3) is 5.91 Å². The average Bonchev–Trinajstić information content (AvgIpc) is 3.68. The molecule has 352 valence electrons. The summed E-state index contributed by atoms with van der Waals surface area (Å²) in [4.78, 5) is 65.4. The summed E-state index contributed by atoms with van der Waals surface area (Å²) in [5, 5.41) is 15.1. The van der Waals surface area contributed by atoms with E-state index in [-0.39, 0.29) is 53.7 Å². The Morgan fingerprint density at radius 2 is 1.52 bits per heavy atom. The van der Waals surface area contributed by atoms with Gasteiger partial charge in [0.15, 0.2) is 0 Å². The number of piperazine rings is 1. The van der Waals surface area contributed by atoms with E-state index in [0.29, 0.717) is 49.9 Å². The summed E-state index contributed by atoms with van der Waals surface area (Å²) in [6.07, 6.45) is 3.51. The number of piperidine rings is 3. The van der Waals surface area contributed by atoms with E-state index in [4.69, 9.17) is 4.98 Å². The molecule has 5 fully saturated rings. The lowest BCUT2D eigenvalue weighted by atomic mass is 9.86. The van der Waals surface area contributed by atoms with E-state index in [1.165, 1.54) is 12.1 Å². The Hall–Kier alpha value is -5.32. The summed E-state index contributed by atoms with van der Waals surface area (Å²) in [6, 6.07) is 18.7. The fraction of sp³-hybridized carbons (Fsp3) is 0.540. The van der Waals surface area contributed by atoms with Crippen LogP contribution in [0.1, 0.15) is 103 Å². The Labute approximate surface area is 383 Å². The van der Waals surface area contributed by atoms with Gasteiger partial charge in [-0.3, -0.25) is 34.7 Å². The molecule has 0 spiro atoms. The van der Waals surface area contributed by atoms with Gasteiger partial charge in [-0.1, -0.05) is 24.3 Å². The number of aliphatic hydroxyl groups excluding tert-OH is 1. The van der Waals surface area contributed by atoms with Crippen LogP contribution in [-0.2, 0) is 27.1 Å². The Kier molecular flexibility index (Phi) is 13.8. The minimum Gasteiger partial charge on any atom is -0.396 e. The molecule has 0 radical (unpaired) electrons. The van der Waals surface area contributed by atoms with E-state index in [1.54, 1.807) is 0 Å². The SMILES string of the molecule is O=C1CCC(c2cccc(N3CCC(CN4CCC(C(=O)N5CCN(Cc6ccc7c(c6)nc(NC(=O)c6cccc(C(F)(F)F)c6)n7C6CCC(CO)CC6)CC5)CC4)CC3)c2)C(=O)N1. The molecule has 4 aromatic rings. The van der Waals surface area contributed by atoms with Gasteiger partial charge in [-0.05, 0) is 136 Å². The first kappa shape index (κ1) is 45.8. The third kappa shape index (κ3) is 10.5. The van der Waals surface area contributed by atoms with Crippen LogP contribution in [0, 0.1) is 17.8 Å². The van der Waals surface area contributed by atoms with Gasteiger partial charge in [0.2, 0.25) is 23.7 Å². The molecule has 1 unspecified atom stereocenters. The van der Waals surface area contributed by atoms with Crippen molar-refractivity contribution in [2.24, 2.45) is 17.8 Å². The van der Waals surface area contributed by atoms with Crippen molar-refractivity contribution in [1.29, 1.82) is 0 Å². The lowest BCUT2D eigenvalue weighted by Crippen LogP contribution is -2.51. The van der Waals surface area contributed by atoms with Gasteiger partial charge < -0.3 is 24.4 Å². The van der Waals surface area contributed by atoms with Gasteiger partial charge >= 0.3 is 6.18 Å². The van der Waals surface area contributed by atoms with E-state index in [0.717, 1.165) is 132 Å². The maximum atomic E-state index is 13.8. The maximum absolute atomic E-state index is 13.8. The number of nitrogens with zero attached hydrogens (tertiary/aromatic N) is 6. The number of carbonyl (C=O) groups is 4. The van der Waals surface area contributed by atoms with Crippen LogP contribution >= 0.6 is 0 Å². The largest absolute Gasteiger partial charge is 0.416 e. The topological polar surface area (TPSA) is 143 Å². The van der Waals surface area contributed by atoms with E-state index < -0.39 is 17.6 Å². The number of benzene rings is 3. The molecule has 3 aromatic carbocycles. The molecule has 5 heterocycles. The van der Waals surface area contributed by atoms with E-state index in [9.17, 15) is 37.5 Å². The predicted octanol–water partition coefficient (Wildman–Crippen LogP) is 6.82. The molecule has 3 N–H and O–H groups in total. The van der Waals surface area contributed by atoms with Crippen LogP contribution in [0.4, 0.5) is 24.8 Å². The third-order valence-electron chi connectivity index (χ3n) is 14.9. The molecule has 4 amide bonds. The summed E-state index contributed by atoms with van der Waals surface area (Å²) in [6.45, 7) is 8.50. The number of hydrogen-bond donors (Lipinski definition) is 3. The number of hydrogen-bond acceptors (Lipinski definition) is 9. The number of rotatable bonds is 11. The number of halogens is 3. The first-order chi connectivity index (χ1) is 31.9. The number of imidazole rings is 1. The summed E-state index contributed by atoms with van der Waals surface area (Å²) in [5.74, 6) is 0.0840. The highest BCUT2D eigenvalue weighted by atomic mass is 19.4. The maximum Gasteiger partial charge on any atom is 0.416 e. The highest BCUT2D eigenvalue weighted by molar-refractivity contribution is 6.04. The van der Waals surface area contributed by atoms with Crippen LogP contribution in [0.5, 0.6) is 0 Å². The van der Waals surface area contributed by atoms with Crippen LogP contribution in [0.15, 0.2) is 66.7 Å². The lowest BCUT2D eigenvalue weighted by Gasteiger charge is -2.40. The van der Waals surface area contributed by atoms with Crippen LogP contribution in [-0.4, -0.2) is 118 Å². The van der Waals surface area contributed by atoms with Crippen molar-refractivity contribution in [3.05, 3.63) is 89.0 Å². The quantitative estimate of drug-likeness (QED) is 0.138. The van der Waals surface area contributed by atoms with Crippen molar-refractivity contribution in [1.82, 2.24) is 29.6 Å². The molecule has 1 aliphatic carbocycles. The summed E-state index contributed by atoms with van der Waals surface area (Å²) >= 11 is 0. The van der Waals surface area contributed by atoms with Gasteiger partial charge in [-0.25, -0.2) is 4.98 Å². The van der Waals surface area contributed by atoms with Gasteiger partial charge in [-0.2, -0.15) is 13.2 Å². The number of carbonyl (C=O) groups excluding carboxylic acids is 4. The fourth-order valence-electron chi connectivity index (χ4n) is 11.0. The van der Waals surface area contributed by atoms with Gasteiger partial charge in [0.05, 0.1) is 22.5 Å². The standard InChI is InChI=1S/C50H61F3N8O5/c51-50(52,53)39-5-1-4-38(28-39)46(64)56-49-54-43-27-35(9-13-44(43)61(49)40-10-7-34(32-62)8-11-40)31-58-23-25-60(26-24-58)48(66)36-17-19-57(20-18-36)30-33-15-21-59(22-16-33)41-6-2-3-37(29-41)42-12-14-45(63)55-47(42)65/h1-6,9,13,27-29,33-34,36,40,42,62H,7-8,10-12,14-26,30-32H2,(H,54,56,64)(H,55,63,65). The van der Waals surface area contributed by atoms with Crippen LogP contribution < -0.4 is 15.5 Å². The smallest absolute Gasteiger partial charge is 0.396 e. The highest BCUT2D eigenvalue weighted by Gasteiger charge is 2.34. The number of amides is 4. The average molecular weight is 911 g/mol. The number of likely N-dealkylation sites (tertiary alicyclic amines) is 1. The first-order valence-electron chi connectivity index (χ1n) is 23.9. The van der Waals surface area contributed by atoms with E-state index in [2.05, 4.69) is 43.5 Å². The zero-order valence-corrected chi connectivity index (χ0v) is 37.5. The van der Waals surface area contributed by atoms with E-state index >= 15 is 0 Å². The highest BCUT2D eigenvalue weighted by Crippen LogP contribution is 2.38. The molecule has 9 rings (SSSR count). The van der Waals surface area contributed by atoms with Crippen molar-refractivity contribution in [3.63, 3.8) is 0 Å². The Balaban J connectivity index is 0.747. The second-order valence-corrected chi connectivity index (χ2v) is 19.2. The number of anilines is 2. The molecule has 5 aliphatic rings. The number of nitrogens with one attached hydrogen (secondary N) is 2. The zero-order valence-electron chi connectivity index (χ0n) is 37.5. The Bertz CT molecular complexity index is 2390. The van der Waals surface area contributed by atoms with Crippen molar-refractivity contribution < 1.29 is 37.5 Å². The van der Waals surface area contributed by atoms with Gasteiger partial charge in [-0.15, -0.1) is 0 Å². The number of alkyl halides is 3. The Morgan fingerprint density at radius 1 is 0.773 bits per heavy atom. The molecule has 13 nitrogen and oxygen atoms in total. The molecule has 1 aromatic heterocycles. The van der Waals surface area contributed by atoms with Crippen molar-refractivity contribution in [3.8, 4) is 0 Å². The number of fused-ring (bicyclic) bond motifs is 1. The predicted molar refractivity (Wildman–Crippen MR) is 245 cm³/mol. The van der Waals surface area contributed by atoms with Crippen LogP contribution in [0.3, 0.4) is 0 Å². The van der Waals surface area contributed by atoms with Crippen molar-refractivity contribution in [2.45, 2.75) is 88.9 Å². The molecule has 4 saturated heterocycles. The third-order valence-corrected chi connectivity index (χ3v) is 14.9. The molecule has 1 saturated carbocycles. The minimum atomic E-state index is -4.58. The summed E-state index contributed by atoms with van der Waals surface area (Å²) in [5.41, 5.74) is 3.68. The molecule has 4 aliphatic heterocycles. The summed E-state index contributed by atoms with van der Waals surface area (Å²) in [7, 11) is 0. The molecule has 16 heteroatoms. The van der Waals surface area contributed by atoms with E-state index in [1.807, 2.05) is 33.7 Å². The van der Waals surface area contributed by atoms with Crippen LogP contribution in [0.2, 0.25) is 0 Å². The number of imide groups is 1. The van der Waals surface area contributed by atoms with Gasteiger partial charge in [0.1, 0.15) is 0 Å². The second-order valence-electron chi connectivity index (χ2n) is 19.2. The second kappa shape index (κ2) is 19.9. The molecule has 66 heavy (non-hydrogen) atoms.